The van der Waals surface area contributed by atoms with Crippen LogP contribution in [0.4, 0.5) is 0 Å². The highest BCUT2D eigenvalue weighted by Gasteiger charge is 2.03. The molecule has 0 aromatic heterocycles. The van der Waals surface area contributed by atoms with Crippen molar-refractivity contribution < 1.29 is 4.79 Å². The third kappa shape index (κ3) is 7.68. The molecule has 0 atom stereocenters. The zero-order valence-electron chi connectivity index (χ0n) is 6.92. The molecular weight excluding hydrogens is 160 g/mol. The Hall–Kier alpha value is -0.220. The molecule has 1 N–H and O–H groups in total. The van der Waals surface area contributed by atoms with E-state index in [1.165, 1.54) is 32.4 Å². The summed E-state index contributed by atoms with van der Waals surface area (Å²) in [5.41, 5.74) is 0. The molecule has 1 amide bonds. The van der Waals surface area contributed by atoms with Crippen LogP contribution in [0.2, 0.25) is 0 Å². The fourth-order valence-electron chi connectivity index (χ4n) is 0.877. The van der Waals surface area contributed by atoms with Crippen molar-refractivity contribution in [1.29, 1.82) is 0 Å². The van der Waals surface area contributed by atoms with Gasteiger partial charge in [0.15, 0.2) is 0 Å². The number of amides is 1. The van der Waals surface area contributed by atoms with E-state index in [-0.39, 0.29) is 0 Å². The van der Waals surface area contributed by atoms with Crippen LogP contribution >= 0.6 is 12.8 Å². The zero-order valence-corrected chi connectivity index (χ0v) is 7.81. The van der Waals surface area contributed by atoms with E-state index in [2.05, 4.69) is 22.4 Å². The highest BCUT2D eigenvalue weighted by Crippen LogP contribution is 2.08. The topological polar surface area (TPSA) is 32.3 Å². The number of carbonyl (C=O) groups is 1. The Morgan fingerprint density at radius 2 is 1.82 bits per heavy atom. The molecule has 1 heterocycles. The Kier molecular flexibility index (Phi) is 7.72. The van der Waals surface area contributed by atoms with Crippen molar-refractivity contribution in [2.45, 2.75) is 19.3 Å². The first-order chi connectivity index (χ1) is 5.31. The molecule has 0 spiro atoms. The van der Waals surface area contributed by atoms with Gasteiger partial charge in [0.25, 0.3) is 0 Å². The van der Waals surface area contributed by atoms with E-state index in [1.54, 1.807) is 7.05 Å². The summed E-state index contributed by atoms with van der Waals surface area (Å²) in [7, 11) is 1.56. The van der Waals surface area contributed by atoms with E-state index >= 15 is 0 Å². The van der Waals surface area contributed by atoms with Gasteiger partial charge >= 0.3 is 0 Å². The monoisotopic (exact) mass is 176 g/mol. The minimum absolute atomic E-state index is 0.625. The average molecular weight is 176 g/mol. The first-order valence-electron chi connectivity index (χ1n) is 3.86. The zero-order chi connectivity index (χ0) is 8.53. The SMILES string of the molecule is CNC=O.SN1CCCCC1. The number of piperidine rings is 1. The second-order valence-electron chi connectivity index (χ2n) is 2.42. The van der Waals surface area contributed by atoms with E-state index in [0.29, 0.717) is 6.41 Å². The van der Waals surface area contributed by atoms with Crippen molar-refractivity contribution >= 4 is 19.2 Å². The van der Waals surface area contributed by atoms with E-state index in [9.17, 15) is 0 Å². The second kappa shape index (κ2) is 7.88. The van der Waals surface area contributed by atoms with Crippen LogP contribution in [0.3, 0.4) is 0 Å². The molecule has 1 fully saturated rings. The molecule has 1 saturated heterocycles. The highest BCUT2D eigenvalue weighted by molar-refractivity contribution is 7.77. The van der Waals surface area contributed by atoms with E-state index in [1.807, 2.05) is 0 Å². The standard InChI is InChI=1S/C5H11NS.C2H5NO/c7-6-4-2-1-3-5-6;1-3-2-4/h7H,1-5H2;2H,1H3,(H,3,4). The normalized spacial score (nSPS) is 18.0. The molecule has 0 unspecified atom stereocenters. The highest BCUT2D eigenvalue weighted by atomic mass is 32.1. The number of nitrogens with one attached hydrogen (secondary N) is 1. The number of nitrogens with zero attached hydrogens (tertiary/aromatic N) is 1. The first-order valence-corrected chi connectivity index (χ1v) is 4.26. The molecule has 0 radical (unpaired) electrons. The Morgan fingerprint density at radius 3 is 2.00 bits per heavy atom. The summed E-state index contributed by atoms with van der Waals surface area (Å²) in [6, 6.07) is 0. The summed E-state index contributed by atoms with van der Waals surface area (Å²) in [4.78, 5) is 9.06. The van der Waals surface area contributed by atoms with Gasteiger partial charge in [0.2, 0.25) is 6.41 Å². The quantitative estimate of drug-likeness (QED) is 0.455. The number of hydrogen-bond acceptors (Lipinski definition) is 3. The van der Waals surface area contributed by atoms with E-state index in [0.717, 1.165) is 0 Å². The number of carbonyl (C=O) groups excluding carboxylic acids is 1. The predicted molar refractivity (Wildman–Crippen MR) is 49.5 cm³/mol. The summed E-state index contributed by atoms with van der Waals surface area (Å²) < 4.78 is 2.09. The summed E-state index contributed by atoms with van der Waals surface area (Å²) in [6.07, 6.45) is 4.70. The molecule has 1 aliphatic heterocycles. The van der Waals surface area contributed by atoms with Gasteiger partial charge in [0.05, 0.1) is 0 Å². The Bertz CT molecular complexity index is 94.4. The lowest BCUT2D eigenvalue weighted by Gasteiger charge is -2.19. The van der Waals surface area contributed by atoms with Gasteiger partial charge in [-0.3, -0.25) is 9.10 Å². The van der Waals surface area contributed by atoms with E-state index < -0.39 is 0 Å². The van der Waals surface area contributed by atoms with Gasteiger partial charge in [-0.2, -0.15) is 0 Å². The third-order valence-corrected chi connectivity index (χ3v) is 1.85. The molecule has 3 nitrogen and oxygen atoms in total. The summed E-state index contributed by atoms with van der Waals surface area (Å²) in [6.45, 7) is 2.37. The Balaban J connectivity index is 0.000000218. The van der Waals surface area contributed by atoms with Crippen LogP contribution in [0.1, 0.15) is 19.3 Å². The van der Waals surface area contributed by atoms with Crippen LogP contribution in [-0.2, 0) is 4.79 Å². The molecule has 11 heavy (non-hydrogen) atoms. The minimum Gasteiger partial charge on any atom is -0.362 e. The van der Waals surface area contributed by atoms with Gasteiger partial charge < -0.3 is 5.32 Å². The van der Waals surface area contributed by atoms with E-state index in [4.69, 9.17) is 4.79 Å². The van der Waals surface area contributed by atoms with Crippen molar-refractivity contribution in [3.63, 3.8) is 0 Å². The van der Waals surface area contributed by atoms with Crippen molar-refractivity contribution in [2.75, 3.05) is 20.1 Å². The van der Waals surface area contributed by atoms with Gasteiger partial charge in [-0.15, -0.1) is 0 Å². The molecule has 1 rings (SSSR count). The van der Waals surface area contributed by atoms with Crippen LogP contribution in [0.15, 0.2) is 0 Å². The predicted octanol–water partition coefficient (Wildman–Crippen LogP) is 0.679. The smallest absolute Gasteiger partial charge is 0.206 e. The molecule has 0 saturated carbocycles. The third-order valence-electron chi connectivity index (χ3n) is 1.45. The lowest BCUT2D eigenvalue weighted by molar-refractivity contribution is -0.109. The maximum atomic E-state index is 9.06. The van der Waals surface area contributed by atoms with Crippen molar-refractivity contribution in [3.8, 4) is 0 Å². The molecule has 4 heteroatoms. The van der Waals surface area contributed by atoms with Gasteiger partial charge in [-0.05, 0) is 12.8 Å². The Labute approximate surface area is 73.7 Å². The molecule has 66 valence electrons. The molecule has 0 aromatic carbocycles. The molecule has 0 bridgehead atoms. The van der Waals surface area contributed by atoms with Crippen molar-refractivity contribution in [1.82, 2.24) is 9.62 Å². The largest absolute Gasteiger partial charge is 0.362 e. The number of thiol groups is 1. The minimum atomic E-state index is 0.625. The molecule has 0 aliphatic carbocycles. The van der Waals surface area contributed by atoms with Gasteiger partial charge in [0.1, 0.15) is 0 Å². The van der Waals surface area contributed by atoms with Crippen LogP contribution in [0, 0.1) is 0 Å². The second-order valence-corrected chi connectivity index (χ2v) is 2.99. The number of rotatable bonds is 1. The van der Waals surface area contributed by atoms with Gasteiger partial charge in [-0.1, -0.05) is 19.2 Å². The lowest BCUT2D eigenvalue weighted by Crippen LogP contribution is -2.19. The summed E-state index contributed by atoms with van der Waals surface area (Å²) in [5.74, 6) is 0. The maximum Gasteiger partial charge on any atom is 0.206 e. The van der Waals surface area contributed by atoms with Crippen LogP contribution in [0.5, 0.6) is 0 Å². The summed E-state index contributed by atoms with van der Waals surface area (Å²) >= 11 is 4.19. The van der Waals surface area contributed by atoms with Crippen LogP contribution in [-0.4, -0.2) is 30.9 Å². The first kappa shape index (κ1) is 10.8. The molecular formula is C7H16N2OS. The fourth-order valence-corrected chi connectivity index (χ4v) is 1.16. The molecule has 1 aliphatic rings. The Morgan fingerprint density at radius 1 is 1.36 bits per heavy atom. The number of hydrogen-bond donors (Lipinski definition) is 2. The lowest BCUT2D eigenvalue weighted by atomic mass is 10.2. The van der Waals surface area contributed by atoms with Gasteiger partial charge in [-0.25, -0.2) is 0 Å². The average Bonchev–Trinajstić information content (AvgIpc) is 2.07. The molecule has 0 aromatic rings. The van der Waals surface area contributed by atoms with Crippen LogP contribution < -0.4 is 5.32 Å². The summed E-state index contributed by atoms with van der Waals surface area (Å²) in [5, 5.41) is 2.25. The van der Waals surface area contributed by atoms with Gasteiger partial charge in [0, 0.05) is 20.1 Å². The maximum absolute atomic E-state index is 9.06. The van der Waals surface area contributed by atoms with Crippen molar-refractivity contribution in [3.05, 3.63) is 0 Å². The van der Waals surface area contributed by atoms with Crippen molar-refractivity contribution in [2.24, 2.45) is 0 Å². The van der Waals surface area contributed by atoms with Crippen LogP contribution in [0.25, 0.3) is 0 Å². The fraction of sp³-hybridized carbons (Fsp3) is 0.857.